The third-order valence-corrected chi connectivity index (χ3v) is 4.66. The van der Waals surface area contributed by atoms with Crippen molar-refractivity contribution in [2.45, 2.75) is 6.10 Å². The number of para-hydroxylation sites is 2. The zero-order chi connectivity index (χ0) is 18.6. The van der Waals surface area contributed by atoms with Crippen molar-refractivity contribution in [1.82, 2.24) is 10.3 Å². The van der Waals surface area contributed by atoms with Gasteiger partial charge in [0.1, 0.15) is 18.1 Å². The Kier molecular flexibility index (Phi) is 6.41. The number of aromatic nitrogens is 1. The van der Waals surface area contributed by atoms with Crippen molar-refractivity contribution in [1.29, 1.82) is 0 Å². The molecule has 4 N–H and O–H groups in total. The Morgan fingerprint density at radius 3 is 2.54 bits per heavy atom. The highest BCUT2D eigenvalue weighted by molar-refractivity contribution is 6.07. The Morgan fingerprint density at radius 2 is 1.68 bits per heavy atom. The minimum absolute atomic E-state index is 0. The van der Waals surface area contributed by atoms with Gasteiger partial charge in [-0.3, -0.25) is 0 Å². The molecular weight excluding hydrogens is 376 g/mol. The lowest BCUT2D eigenvalue weighted by Gasteiger charge is -2.14. The Morgan fingerprint density at radius 1 is 0.929 bits per heavy atom. The summed E-state index contributed by atoms with van der Waals surface area (Å²) in [4.78, 5) is 3.41. The van der Waals surface area contributed by atoms with Crippen molar-refractivity contribution in [3.63, 3.8) is 0 Å². The third-order valence-electron chi connectivity index (χ3n) is 4.66. The Bertz CT molecular complexity index is 1060. The fraction of sp³-hybridized carbons (Fsp3) is 0.182. The van der Waals surface area contributed by atoms with Crippen LogP contribution in [0.1, 0.15) is 11.7 Å². The second-order valence-corrected chi connectivity index (χ2v) is 6.51. The van der Waals surface area contributed by atoms with Crippen LogP contribution < -0.4 is 10.1 Å². The lowest BCUT2D eigenvalue weighted by atomic mass is 10.1. The molecule has 5 nitrogen and oxygen atoms in total. The van der Waals surface area contributed by atoms with Gasteiger partial charge in [-0.15, -0.1) is 12.4 Å². The van der Waals surface area contributed by atoms with Crippen molar-refractivity contribution in [3.8, 4) is 11.5 Å². The van der Waals surface area contributed by atoms with Crippen molar-refractivity contribution >= 4 is 34.2 Å². The maximum atomic E-state index is 10.1. The SMILES string of the molecule is Cl.Oc1ccccc1C(O)CNCCOc1ccc2c(c1)[nH]c1ccccc12. The molecule has 3 aromatic carbocycles. The van der Waals surface area contributed by atoms with Crippen LogP contribution in [0.5, 0.6) is 11.5 Å². The Hall–Kier alpha value is -2.73. The molecule has 0 amide bonds. The zero-order valence-electron chi connectivity index (χ0n) is 15.3. The number of rotatable bonds is 7. The highest BCUT2D eigenvalue weighted by Gasteiger charge is 2.11. The smallest absolute Gasteiger partial charge is 0.121 e. The summed E-state index contributed by atoms with van der Waals surface area (Å²) in [6.45, 7) is 1.43. The molecule has 0 saturated heterocycles. The van der Waals surface area contributed by atoms with Crippen LogP contribution in [0.4, 0.5) is 0 Å². The van der Waals surface area contributed by atoms with E-state index in [9.17, 15) is 10.2 Å². The summed E-state index contributed by atoms with van der Waals surface area (Å²) in [6, 6.07) is 21.1. The van der Waals surface area contributed by atoms with Crippen LogP contribution in [-0.4, -0.2) is 34.9 Å². The third kappa shape index (κ3) is 4.22. The average molecular weight is 399 g/mol. The molecule has 0 aliphatic heterocycles. The number of nitrogens with one attached hydrogen (secondary N) is 2. The minimum Gasteiger partial charge on any atom is -0.508 e. The van der Waals surface area contributed by atoms with Gasteiger partial charge in [-0.1, -0.05) is 36.4 Å². The van der Waals surface area contributed by atoms with Crippen molar-refractivity contribution in [2.24, 2.45) is 0 Å². The fourth-order valence-electron chi connectivity index (χ4n) is 3.28. The van der Waals surface area contributed by atoms with Gasteiger partial charge in [0, 0.05) is 41.0 Å². The second-order valence-electron chi connectivity index (χ2n) is 6.51. The Balaban J connectivity index is 0.00000225. The first-order valence-electron chi connectivity index (χ1n) is 9.02. The number of hydrogen-bond donors (Lipinski definition) is 4. The summed E-state index contributed by atoms with van der Waals surface area (Å²) in [5.41, 5.74) is 2.69. The number of aliphatic hydroxyl groups is 1. The molecule has 0 bridgehead atoms. The van der Waals surface area contributed by atoms with E-state index in [1.807, 2.05) is 24.3 Å². The second kappa shape index (κ2) is 8.97. The van der Waals surface area contributed by atoms with Gasteiger partial charge in [0.2, 0.25) is 0 Å². The van der Waals surface area contributed by atoms with E-state index in [0.29, 0.717) is 25.3 Å². The number of phenolic OH excluding ortho intramolecular Hbond substituents is 1. The lowest BCUT2D eigenvalue weighted by molar-refractivity contribution is 0.168. The van der Waals surface area contributed by atoms with Crippen molar-refractivity contribution < 1.29 is 14.9 Å². The molecule has 4 aromatic rings. The maximum absolute atomic E-state index is 10.1. The first kappa shape index (κ1) is 20.0. The summed E-state index contributed by atoms with van der Waals surface area (Å²) >= 11 is 0. The number of H-pyrrole nitrogens is 1. The van der Waals surface area contributed by atoms with Crippen molar-refractivity contribution in [3.05, 3.63) is 72.3 Å². The molecule has 1 heterocycles. The van der Waals surface area contributed by atoms with Gasteiger partial charge < -0.3 is 25.3 Å². The van der Waals surface area contributed by atoms with E-state index in [4.69, 9.17) is 4.74 Å². The van der Waals surface area contributed by atoms with Gasteiger partial charge in [-0.25, -0.2) is 0 Å². The van der Waals surface area contributed by atoms with E-state index in [0.717, 1.165) is 16.8 Å². The van der Waals surface area contributed by atoms with Crippen LogP contribution in [0, 0.1) is 0 Å². The van der Waals surface area contributed by atoms with E-state index >= 15 is 0 Å². The van der Waals surface area contributed by atoms with Crippen LogP contribution in [0.25, 0.3) is 21.8 Å². The number of ether oxygens (including phenoxy) is 1. The number of fused-ring (bicyclic) bond motifs is 3. The van der Waals surface area contributed by atoms with Crippen LogP contribution in [0.3, 0.4) is 0 Å². The molecule has 28 heavy (non-hydrogen) atoms. The molecule has 0 aliphatic carbocycles. The summed E-state index contributed by atoms with van der Waals surface area (Å²) in [6.07, 6.45) is -0.756. The van der Waals surface area contributed by atoms with E-state index in [2.05, 4.69) is 28.5 Å². The topological polar surface area (TPSA) is 77.5 Å². The van der Waals surface area contributed by atoms with Crippen LogP contribution >= 0.6 is 12.4 Å². The van der Waals surface area contributed by atoms with E-state index in [1.54, 1.807) is 24.3 Å². The normalized spacial score (nSPS) is 12.0. The molecule has 6 heteroatoms. The first-order valence-corrected chi connectivity index (χ1v) is 9.02. The summed E-state index contributed by atoms with van der Waals surface area (Å²) < 4.78 is 5.81. The molecule has 0 spiro atoms. The standard InChI is InChI=1S/C22H22N2O3.ClH/c25-21-8-4-2-6-18(21)22(26)14-23-11-12-27-15-9-10-17-16-5-1-3-7-19(16)24-20(17)13-15;/h1-10,13,22-26H,11-12,14H2;1H. The lowest BCUT2D eigenvalue weighted by Crippen LogP contribution is -2.26. The molecule has 4 rings (SSSR count). The molecule has 1 aromatic heterocycles. The highest BCUT2D eigenvalue weighted by atomic mass is 35.5. The average Bonchev–Trinajstić information content (AvgIpc) is 3.05. The predicted octanol–water partition coefficient (Wildman–Crippen LogP) is 4.15. The van der Waals surface area contributed by atoms with Gasteiger partial charge in [0.05, 0.1) is 11.6 Å². The number of aromatic amines is 1. The zero-order valence-corrected chi connectivity index (χ0v) is 16.1. The number of benzene rings is 3. The van der Waals surface area contributed by atoms with Gasteiger partial charge in [0.25, 0.3) is 0 Å². The maximum Gasteiger partial charge on any atom is 0.121 e. The molecule has 1 atom stereocenters. The Labute approximate surface area is 169 Å². The minimum atomic E-state index is -0.756. The number of phenols is 1. The summed E-state index contributed by atoms with van der Waals surface area (Å²) in [7, 11) is 0. The van der Waals surface area contributed by atoms with Crippen LogP contribution in [0.2, 0.25) is 0 Å². The number of halogens is 1. The highest BCUT2D eigenvalue weighted by Crippen LogP contribution is 2.28. The van der Waals surface area contributed by atoms with Gasteiger partial charge >= 0.3 is 0 Å². The van der Waals surface area contributed by atoms with E-state index in [-0.39, 0.29) is 18.2 Å². The number of aromatic hydroxyl groups is 1. The van der Waals surface area contributed by atoms with Gasteiger partial charge in [-0.2, -0.15) is 0 Å². The molecule has 0 aliphatic rings. The summed E-state index contributed by atoms with van der Waals surface area (Å²) in [5, 5.41) is 25.4. The molecule has 146 valence electrons. The first-order chi connectivity index (χ1) is 13.2. The molecular formula is C22H23ClN2O3. The fourth-order valence-corrected chi connectivity index (χ4v) is 3.28. The predicted molar refractivity (Wildman–Crippen MR) is 114 cm³/mol. The molecule has 1 unspecified atom stereocenters. The number of aliphatic hydroxyl groups excluding tert-OH is 1. The van der Waals surface area contributed by atoms with E-state index in [1.165, 1.54) is 10.8 Å². The van der Waals surface area contributed by atoms with Crippen LogP contribution in [-0.2, 0) is 0 Å². The van der Waals surface area contributed by atoms with Gasteiger partial charge in [0.15, 0.2) is 0 Å². The van der Waals surface area contributed by atoms with E-state index < -0.39 is 6.10 Å². The monoisotopic (exact) mass is 398 g/mol. The van der Waals surface area contributed by atoms with Gasteiger partial charge in [-0.05, 0) is 24.3 Å². The quantitative estimate of drug-likeness (QED) is 0.353. The largest absolute Gasteiger partial charge is 0.508 e. The summed E-state index contributed by atoms with van der Waals surface area (Å²) in [5.74, 6) is 0.909. The molecule has 0 saturated carbocycles. The van der Waals surface area contributed by atoms with Crippen LogP contribution in [0.15, 0.2) is 66.7 Å². The molecule has 0 radical (unpaired) electrons. The molecule has 0 fully saturated rings. The van der Waals surface area contributed by atoms with Crippen molar-refractivity contribution in [2.75, 3.05) is 19.7 Å². The number of hydrogen-bond acceptors (Lipinski definition) is 4.